The summed E-state index contributed by atoms with van der Waals surface area (Å²) in [7, 11) is -3.76. The minimum atomic E-state index is -3.76. The van der Waals surface area contributed by atoms with Gasteiger partial charge in [0.05, 0.1) is 16.4 Å². The van der Waals surface area contributed by atoms with Gasteiger partial charge in [0.25, 0.3) is 10.0 Å². The molecule has 21 heavy (non-hydrogen) atoms. The molecule has 5 nitrogen and oxygen atoms in total. The highest BCUT2D eigenvalue weighted by molar-refractivity contribution is 14.1. The number of hydrogen-bond acceptors (Lipinski definition) is 4. The van der Waals surface area contributed by atoms with E-state index < -0.39 is 10.0 Å². The Bertz CT molecular complexity index is 753. The average Bonchev–Trinajstić information content (AvgIpc) is 2.43. The number of nitrogens with one attached hydrogen (secondary N) is 2. The molecule has 8 heteroatoms. The number of aromatic nitrogens is 1. The van der Waals surface area contributed by atoms with E-state index in [1.807, 2.05) is 6.92 Å². The molecule has 1 aromatic heterocycles. The molecular formula is C13H13ClIN3O2S. The molecule has 0 amide bonds. The minimum Gasteiger partial charge on any atom is -0.384 e. The number of nitrogens with zero attached hydrogens (tertiary/aromatic N) is 1. The summed E-state index contributed by atoms with van der Waals surface area (Å²) in [5.74, 6) is 0. The predicted octanol–water partition coefficient (Wildman–Crippen LogP) is 3.57. The maximum Gasteiger partial charge on any atom is 0.265 e. The molecule has 0 spiro atoms. The summed E-state index contributed by atoms with van der Waals surface area (Å²) in [6.07, 6.45) is 2.84. The molecule has 0 unspecified atom stereocenters. The average molecular weight is 438 g/mol. The van der Waals surface area contributed by atoms with Crippen molar-refractivity contribution in [3.8, 4) is 0 Å². The van der Waals surface area contributed by atoms with Gasteiger partial charge in [-0.2, -0.15) is 0 Å². The van der Waals surface area contributed by atoms with Crippen LogP contribution in [0.15, 0.2) is 41.6 Å². The summed E-state index contributed by atoms with van der Waals surface area (Å²) in [6.45, 7) is 2.50. The lowest BCUT2D eigenvalue weighted by Gasteiger charge is -2.13. The van der Waals surface area contributed by atoms with Gasteiger partial charge >= 0.3 is 0 Å². The van der Waals surface area contributed by atoms with E-state index in [-0.39, 0.29) is 4.90 Å². The van der Waals surface area contributed by atoms with Crippen molar-refractivity contribution in [1.29, 1.82) is 0 Å². The molecule has 0 radical (unpaired) electrons. The Morgan fingerprint density at radius 2 is 2.05 bits per heavy atom. The largest absolute Gasteiger partial charge is 0.384 e. The van der Waals surface area contributed by atoms with Crippen LogP contribution in [0.3, 0.4) is 0 Å². The van der Waals surface area contributed by atoms with Crippen LogP contribution in [0.4, 0.5) is 11.4 Å². The SMILES string of the molecule is CCNc1ccncc1S(=O)(=O)Nc1ccc(I)cc1Cl. The number of halogens is 2. The number of pyridine rings is 1. The lowest BCUT2D eigenvalue weighted by atomic mass is 10.3. The molecular weight excluding hydrogens is 425 g/mol. The van der Waals surface area contributed by atoms with Crippen molar-refractivity contribution in [3.63, 3.8) is 0 Å². The molecule has 0 saturated carbocycles. The van der Waals surface area contributed by atoms with Crippen molar-refractivity contribution in [3.05, 3.63) is 45.3 Å². The van der Waals surface area contributed by atoms with Crippen molar-refractivity contribution in [1.82, 2.24) is 4.98 Å². The zero-order valence-corrected chi connectivity index (χ0v) is 14.8. The summed E-state index contributed by atoms with van der Waals surface area (Å²) in [4.78, 5) is 3.96. The van der Waals surface area contributed by atoms with E-state index >= 15 is 0 Å². The molecule has 1 heterocycles. The van der Waals surface area contributed by atoms with Crippen LogP contribution in [-0.2, 0) is 10.0 Å². The van der Waals surface area contributed by atoms with Gasteiger partial charge in [-0.15, -0.1) is 0 Å². The monoisotopic (exact) mass is 437 g/mol. The van der Waals surface area contributed by atoms with Gasteiger partial charge in [0, 0.05) is 22.5 Å². The first kappa shape index (κ1) is 16.3. The van der Waals surface area contributed by atoms with E-state index in [9.17, 15) is 8.42 Å². The molecule has 0 saturated heterocycles. The summed E-state index contributed by atoms with van der Waals surface area (Å²) < 4.78 is 28.4. The van der Waals surface area contributed by atoms with Crippen molar-refractivity contribution in [2.24, 2.45) is 0 Å². The number of anilines is 2. The third-order valence-electron chi connectivity index (χ3n) is 2.62. The minimum absolute atomic E-state index is 0.0847. The van der Waals surface area contributed by atoms with Gasteiger partial charge in [-0.3, -0.25) is 9.71 Å². The highest BCUT2D eigenvalue weighted by Gasteiger charge is 2.20. The molecule has 0 aliphatic heterocycles. The van der Waals surface area contributed by atoms with Gasteiger partial charge in [-0.1, -0.05) is 11.6 Å². The fourth-order valence-electron chi connectivity index (χ4n) is 1.70. The zero-order valence-electron chi connectivity index (χ0n) is 11.1. The highest BCUT2D eigenvalue weighted by atomic mass is 127. The zero-order chi connectivity index (χ0) is 15.5. The fraction of sp³-hybridized carbons (Fsp3) is 0.154. The Kier molecular flexibility index (Phi) is 5.28. The van der Waals surface area contributed by atoms with Crippen molar-refractivity contribution < 1.29 is 8.42 Å². The van der Waals surface area contributed by atoms with Gasteiger partial charge in [0.2, 0.25) is 0 Å². The first-order chi connectivity index (χ1) is 9.94. The van der Waals surface area contributed by atoms with E-state index in [4.69, 9.17) is 11.6 Å². The summed E-state index contributed by atoms with van der Waals surface area (Å²) in [6, 6.07) is 6.71. The first-order valence-corrected chi connectivity index (χ1v) is 9.04. The van der Waals surface area contributed by atoms with Crippen LogP contribution in [0.25, 0.3) is 0 Å². The molecule has 112 valence electrons. The Balaban J connectivity index is 2.39. The Hall–Kier alpha value is -1.06. The maximum atomic E-state index is 12.5. The van der Waals surface area contributed by atoms with E-state index in [1.165, 1.54) is 12.4 Å². The van der Waals surface area contributed by atoms with Crippen LogP contribution < -0.4 is 10.0 Å². The summed E-state index contributed by atoms with van der Waals surface area (Å²) >= 11 is 8.17. The number of benzene rings is 1. The molecule has 2 N–H and O–H groups in total. The quantitative estimate of drug-likeness (QED) is 0.702. The number of rotatable bonds is 5. The Morgan fingerprint density at radius 1 is 1.29 bits per heavy atom. The molecule has 0 aliphatic carbocycles. The van der Waals surface area contributed by atoms with Crippen LogP contribution in [0.2, 0.25) is 5.02 Å². The smallest absolute Gasteiger partial charge is 0.265 e. The van der Waals surface area contributed by atoms with Crippen LogP contribution in [0.1, 0.15) is 6.92 Å². The third-order valence-corrected chi connectivity index (χ3v) is 4.99. The van der Waals surface area contributed by atoms with Gasteiger partial charge in [-0.05, 0) is 53.8 Å². The van der Waals surface area contributed by atoms with Crippen LogP contribution >= 0.6 is 34.2 Å². The van der Waals surface area contributed by atoms with Gasteiger partial charge in [0.1, 0.15) is 4.90 Å². The summed E-state index contributed by atoms with van der Waals surface area (Å²) in [5.41, 5.74) is 0.838. The lowest BCUT2D eigenvalue weighted by Crippen LogP contribution is -2.16. The molecule has 0 aliphatic rings. The van der Waals surface area contributed by atoms with E-state index in [0.717, 1.165) is 3.57 Å². The van der Waals surface area contributed by atoms with Crippen molar-refractivity contribution >= 4 is 55.6 Å². The Labute approximate surface area is 142 Å². The molecule has 2 aromatic rings. The van der Waals surface area contributed by atoms with E-state index in [0.29, 0.717) is 22.9 Å². The van der Waals surface area contributed by atoms with Crippen molar-refractivity contribution in [2.45, 2.75) is 11.8 Å². The molecule has 0 atom stereocenters. The van der Waals surface area contributed by atoms with Crippen molar-refractivity contribution in [2.75, 3.05) is 16.6 Å². The molecule has 1 aromatic carbocycles. The normalized spacial score (nSPS) is 11.2. The second kappa shape index (κ2) is 6.80. The first-order valence-electron chi connectivity index (χ1n) is 6.10. The highest BCUT2D eigenvalue weighted by Crippen LogP contribution is 2.28. The third kappa shape index (κ3) is 3.98. The van der Waals surface area contributed by atoms with E-state index in [2.05, 4.69) is 37.6 Å². The van der Waals surface area contributed by atoms with Gasteiger partial charge < -0.3 is 5.32 Å². The molecule has 0 bridgehead atoms. The van der Waals surface area contributed by atoms with Gasteiger partial charge in [0.15, 0.2) is 0 Å². The number of sulfonamides is 1. The molecule has 0 fully saturated rings. The summed E-state index contributed by atoms with van der Waals surface area (Å²) in [5, 5.41) is 3.35. The Morgan fingerprint density at radius 3 is 2.71 bits per heavy atom. The molecule has 2 rings (SSSR count). The number of hydrogen-bond donors (Lipinski definition) is 2. The van der Waals surface area contributed by atoms with Crippen LogP contribution in [0.5, 0.6) is 0 Å². The standard InChI is InChI=1S/C13H13ClIN3O2S/c1-2-17-12-5-6-16-8-13(12)21(19,20)18-11-4-3-9(15)7-10(11)14/h3-8,18H,2H2,1H3,(H,16,17). The second-order valence-corrected chi connectivity index (χ2v) is 7.44. The van der Waals surface area contributed by atoms with Crippen LogP contribution in [0, 0.1) is 3.57 Å². The van der Waals surface area contributed by atoms with E-state index in [1.54, 1.807) is 24.3 Å². The topological polar surface area (TPSA) is 71.1 Å². The fourth-order valence-corrected chi connectivity index (χ4v) is 3.87. The maximum absolute atomic E-state index is 12.5. The lowest BCUT2D eigenvalue weighted by molar-refractivity contribution is 0.601. The second-order valence-electron chi connectivity index (χ2n) is 4.13. The van der Waals surface area contributed by atoms with Gasteiger partial charge in [-0.25, -0.2) is 8.42 Å². The van der Waals surface area contributed by atoms with Crippen LogP contribution in [-0.4, -0.2) is 19.9 Å². The predicted molar refractivity (Wildman–Crippen MR) is 93.4 cm³/mol.